The Hall–Kier alpha value is 0.00390. The Kier molecular flexibility index (Phi) is 25.2. The predicted octanol–water partition coefficient (Wildman–Crippen LogP) is 6.40. The summed E-state index contributed by atoms with van der Waals surface area (Å²) >= 11 is 0. The number of benzene rings is 1. The summed E-state index contributed by atoms with van der Waals surface area (Å²) in [6, 6.07) is 6.52. The van der Waals surface area contributed by atoms with Crippen LogP contribution in [-0.2, 0) is 32.7 Å². The minimum absolute atomic E-state index is 0. The molecule has 0 saturated heterocycles. The third kappa shape index (κ3) is 22.0. The maximum atomic E-state index is 12.4. The van der Waals surface area contributed by atoms with Crippen molar-refractivity contribution in [3.05, 3.63) is 35.6 Å². The molecule has 1 aromatic rings. The molecule has 137 valence electrons. The standard InChI is InChI=1S/C9H11F.C5H10F3N.3CH4.Y/c1-7(2)8-3-5-9(10)6-4-8;1-4(2)9-3-5(6,7)8;;;;/h3-7H,1-2H3;4,9H,3H2,1-2H3;3*1H4;. The Bertz CT molecular complexity index is 349. The van der Waals surface area contributed by atoms with Crippen LogP contribution in [0.15, 0.2) is 24.3 Å². The van der Waals surface area contributed by atoms with E-state index in [9.17, 15) is 17.6 Å². The van der Waals surface area contributed by atoms with Crippen LogP contribution < -0.4 is 5.32 Å². The van der Waals surface area contributed by atoms with Gasteiger partial charge in [-0.15, -0.1) is 0 Å². The number of rotatable bonds is 3. The van der Waals surface area contributed by atoms with Crippen molar-refractivity contribution in [3.63, 3.8) is 0 Å². The average Bonchev–Trinajstić information content (AvgIpc) is 2.27. The zero-order valence-electron chi connectivity index (χ0n) is 12.3. The molecule has 23 heavy (non-hydrogen) atoms. The zero-order valence-corrected chi connectivity index (χ0v) is 15.1. The topological polar surface area (TPSA) is 12.0 Å². The first kappa shape index (κ1) is 34.4. The van der Waals surface area contributed by atoms with Gasteiger partial charge in [-0.1, -0.05) is 62.1 Å². The van der Waals surface area contributed by atoms with Crippen LogP contribution in [0.1, 0.15) is 61.5 Å². The van der Waals surface area contributed by atoms with Crippen molar-refractivity contribution in [3.8, 4) is 0 Å². The minimum Gasteiger partial charge on any atom is -0.306 e. The normalized spacial score (nSPS) is 9.48. The van der Waals surface area contributed by atoms with Gasteiger partial charge in [-0.2, -0.15) is 13.2 Å². The minimum atomic E-state index is -4.08. The molecular weight excluding hydrogens is 383 g/mol. The van der Waals surface area contributed by atoms with E-state index in [1.165, 1.54) is 17.7 Å². The first-order valence-electron chi connectivity index (χ1n) is 6.17. The second-order valence-electron chi connectivity index (χ2n) is 4.86. The number of hydrogen-bond donors (Lipinski definition) is 1. The smallest absolute Gasteiger partial charge is 0.306 e. The van der Waals surface area contributed by atoms with E-state index in [-0.39, 0.29) is 66.8 Å². The molecule has 0 aliphatic rings. The fourth-order valence-corrected chi connectivity index (χ4v) is 1.17. The Labute approximate surface area is 165 Å². The molecule has 0 aliphatic carbocycles. The summed E-state index contributed by atoms with van der Waals surface area (Å²) in [5, 5.41) is 2.26. The third-order valence-corrected chi connectivity index (χ3v) is 2.25. The van der Waals surface area contributed by atoms with Crippen LogP contribution in [-0.4, -0.2) is 18.8 Å². The Morgan fingerprint density at radius 2 is 1.30 bits per heavy atom. The molecule has 1 radical (unpaired) electrons. The summed E-state index contributed by atoms with van der Waals surface area (Å²) in [5.41, 5.74) is 1.18. The van der Waals surface area contributed by atoms with Crippen LogP contribution in [0.5, 0.6) is 0 Å². The number of nitrogens with one attached hydrogen (secondary N) is 1. The maximum Gasteiger partial charge on any atom is 0.401 e. The van der Waals surface area contributed by atoms with Gasteiger partial charge < -0.3 is 5.32 Å². The van der Waals surface area contributed by atoms with Crippen LogP contribution in [0.25, 0.3) is 0 Å². The van der Waals surface area contributed by atoms with Crippen molar-refractivity contribution in [2.24, 2.45) is 0 Å². The van der Waals surface area contributed by atoms with E-state index < -0.39 is 12.7 Å². The third-order valence-electron chi connectivity index (χ3n) is 2.25. The second-order valence-corrected chi connectivity index (χ2v) is 4.86. The van der Waals surface area contributed by atoms with Gasteiger partial charge in [-0.25, -0.2) is 4.39 Å². The molecule has 1 aromatic carbocycles. The van der Waals surface area contributed by atoms with Crippen LogP contribution in [0, 0.1) is 5.82 Å². The predicted molar refractivity (Wildman–Crippen MR) is 89.9 cm³/mol. The van der Waals surface area contributed by atoms with Crippen LogP contribution >= 0.6 is 0 Å². The van der Waals surface area contributed by atoms with E-state index in [2.05, 4.69) is 19.2 Å². The Balaban J connectivity index is -0.0000000804. The van der Waals surface area contributed by atoms with Crippen LogP contribution in [0.3, 0.4) is 0 Å². The van der Waals surface area contributed by atoms with Crippen LogP contribution in [0.4, 0.5) is 17.6 Å². The molecule has 0 atom stereocenters. The van der Waals surface area contributed by atoms with E-state index in [1.54, 1.807) is 13.8 Å². The molecule has 0 bridgehead atoms. The molecule has 1 nitrogen and oxygen atoms in total. The number of alkyl halides is 3. The van der Waals surface area contributed by atoms with E-state index in [4.69, 9.17) is 0 Å². The van der Waals surface area contributed by atoms with Crippen LogP contribution in [0.2, 0.25) is 0 Å². The van der Waals surface area contributed by atoms with Gasteiger partial charge in [0.25, 0.3) is 0 Å². The fourth-order valence-electron chi connectivity index (χ4n) is 1.17. The van der Waals surface area contributed by atoms with Crippen molar-refractivity contribution in [1.82, 2.24) is 5.32 Å². The summed E-state index contributed by atoms with van der Waals surface area (Å²) in [7, 11) is 0. The first-order valence-corrected chi connectivity index (χ1v) is 6.17. The van der Waals surface area contributed by atoms with Crippen molar-refractivity contribution in [2.75, 3.05) is 6.54 Å². The quantitative estimate of drug-likeness (QED) is 0.562. The molecule has 0 spiro atoms. The molecule has 6 heteroatoms. The van der Waals surface area contributed by atoms with Gasteiger partial charge in [0.1, 0.15) is 5.82 Å². The van der Waals surface area contributed by atoms with Gasteiger partial charge in [0, 0.05) is 38.8 Å². The molecule has 0 amide bonds. The molecule has 0 heterocycles. The molecular formula is C17H33F4NY. The SMILES string of the molecule is C.C.C.CC(C)NCC(F)(F)F.CC(C)c1ccc(F)cc1.[Y]. The summed E-state index contributed by atoms with van der Waals surface area (Å²) in [6.07, 6.45) is -4.08. The summed E-state index contributed by atoms with van der Waals surface area (Å²) < 4.78 is 46.4. The van der Waals surface area contributed by atoms with Gasteiger partial charge in [-0.3, -0.25) is 0 Å². The first-order chi connectivity index (χ1) is 8.61. The van der Waals surface area contributed by atoms with Gasteiger partial charge in [0.05, 0.1) is 6.54 Å². The van der Waals surface area contributed by atoms with Crippen molar-refractivity contribution < 1.29 is 50.3 Å². The second kappa shape index (κ2) is 16.8. The van der Waals surface area contributed by atoms with E-state index in [1.807, 2.05) is 12.1 Å². The number of halogens is 4. The summed E-state index contributed by atoms with van der Waals surface area (Å²) in [4.78, 5) is 0. The fraction of sp³-hybridized carbons (Fsp3) is 0.647. The zero-order chi connectivity index (χ0) is 15.1. The van der Waals surface area contributed by atoms with Gasteiger partial charge in [0.2, 0.25) is 0 Å². The molecule has 1 N–H and O–H groups in total. The van der Waals surface area contributed by atoms with Crippen molar-refractivity contribution in [2.45, 2.75) is 68.1 Å². The van der Waals surface area contributed by atoms with Crippen molar-refractivity contribution in [1.29, 1.82) is 0 Å². The molecule has 0 aromatic heterocycles. The maximum absolute atomic E-state index is 12.4. The largest absolute Gasteiger partial charge is 0.401 e. The van der Waals surface area contributed by atoms with E-state index in [0.717, 1.165) is 0 Å². The Morgan fingerprint density at radius 1 is 0.913 bits per heavy atom. The summed E-state index contributed by atoms with van der Waals surface area (Å²) in [6.45, 7) is 6.63. The molecule has 0 aliphatic heterocycles. The van der Waals surface area contributed by atoms with Gasteiger partial charge in [0.15, 0.2) is 0 Å². The van der Waals surface area contributed by atoms with Gasteiger partial charge in [-0.05, 0) is 23.6 Å². The van der Waals surface area contributed by atoms with E-state index >= 15 is 0 Å². The molecule has 1 rings (SSSR count). The summed E-state index contributed by atoms with van der Waals surface area (Å²) in [5.74, 6) is 0.324. The number of hydrogen-bond acceptors (Lipinski definition) is 1. The molecule has 0 saturated carbocycles. The monoisotopic (exact) mass is 416 g/mol. The average molecular weight is 416 g/mol. The molecule has 0 unspecified atom stereocenters. The molecule has 0 fully saturated rings. The Morgan fingerprint density at radius 3 is 1.52 bits per heavy atom. The van der Waals surface area contributed by atoms with E-state index in [0.29, 0.717) is 5.92 Å². The van der Waals surface area contributed by atoms with Gasteiger partial charge >= 0.3 is 6.18 Å². The van der Waals surface area contributed by atoms with Crippen molar-refractivity contribution >= 4 is 0 Å².